The number of hydrogen-bond acceptors (Lipinski definition) is 7. The van der Waals surface area contributed by atoms with E-state index in [9.17, 15) is 27.1 Å². The van der Waals surface area contributed by atoms with Gasteiger partial charge in [-0.15, -0.1) is 0 Å². The summed E-state index contributed by atoms with van der Waals surface area (Å²) in [5.41, 5.74) is 2.58. The Bertz CT molecular complexity index is 1400. The van der Waals surface area contributed by atoms with Gasteiger partial charge in [-0.05, 0) is 54.2 Å². The molecule has 0 saturated heterocycles. The van der Waals surface area contributed by atoms with Gasteiger partial charge in [0.1, 0.15) is 11.6 Å². The minimum atomic E-state index is -3.72. The lowest BCUT2D eigenvalue weighted by atomic mass is 10.00. The Hall–Kier alpha value is -3.45. The van der Waals surface area contributed by atoms with E-state index in [1.54, 1.807) is 0 Å². The molecule has 1 heterocycles. The number of aliphatic hydroxyl groups is 2. The third kappa shape index (κ3) is 9.85. The molecule has 0 fully saturated rings. The van der Waals surface area contributed by atoms with Gasteiger partial charge in [0, 0.05) is 38.5 Å². The number of carbonyl (C=O) groups excluding carboxylic acids is 1. The van der Waals surface area contributed by atoms with Crippen LogP contribution in [0, 0.1) is 11.6 Å². The molecule has 222 valence electrons. The zero-order chi connectivity index (χ0) is 30.0. The number of rotatable bonds is 15. The van der Waals surface area contributed by atoms with Crippen molar-refractivity contribution in [1.29, 1.82) is 0 Å². The number of carbonyl (C=O) groups is 1. The second kappa shape index (κ2) is 15.0. The first-order chi connectivity index (χ1) is 19.5. The molecule has 3 aromatic rings. The van der Waals surface area contributed by atoms with Crippen LogP contribution in [0.1, 0.15) is 40.4 Å². The Morgan fingerprint density at radius 1 is 1.05 bits per heavy atom. The number of halogens is 2. The molecule has 9 nitrogen and oxygen atoms in total. The van der Waals surface area contributed by atoms with Crippen LogP contribution in [-0.4, -0.2) is 67.6 Å². The summed E-state index contributed by atoms with van der Waals surface area (Å²) in [6.07, 6.45) is 3.38. The Labute approximate surface area is 239 Å². The fraction of sp³-hybridized carbons (Fsp3) is 0.379. The zero-order valence-corrected chi connectivity index (χ0v) is 23.9. The van der Waals surface area contributed by atoms with Crippen LogP contribution in [0.4, 0.5) is 14.5 Å². The number of pyridine rings is 1. The average Bonchev–Trinajstić information content (AvgIpc) is 2.92. The van der Waals surface area contributed by atoms with E-state index in [4.69, 9.17) is 5.11 Å². The SMILES string of the molecule is CCc1cccc(CNC[C@@H](O)[C@H](Cc2cc(F)cc(F)c2)NC(=O)c2cncc(N(CCCO)S(C)(=O)=O)c2)c1. The van der Waals surface area contributed by atoms with E-state index in [0.717, 1.165) is 40.7 Å². The molecule has 3 rings (SSSR count). The van der Waals surface area contributed by atoms with Crippen molar-refractivity contribution in [3.05, 3.63) is 94.8 Å². The summed E-state index contributed by atoms with van der Waals surface area (Å²) < 4.78 is 53.4. The van der Waals surface area contributed by atoms with E-state index in [-0.39, 0.29) is 49.4 Å². The molecule has 1 amide bonds. The lowest BCUT2D eigenvalue weighted by molar-refractivity contribution is 0.0829. The second-order valence-electron chi connectivity index (χ2n) is 9.78. The van der Waals surface area contributed by atoms with Crippen molar-refractivity contribution in [3.8, 4) is 0 Å². The van der Waals surface area contributed by atoms with Crippen molar-refractivity contribution in [3.63, 3.8) is 0 Å². The molecule has 2 aromatic carbocycles. The number of hydrogen-bond donors (Lipinski definition) is 4. The number of nitrogens with zero attached hydrogens (tertiary/aromatic N) is 2. The Morgan fingerprint density at radius 3 is 2.41 bits per heavy atom. The minimum Gasteiger partial charge on any atom is -0.396 e. The fourth-order valence-electron chi connectivity index (χ4n) is 4.37. The standard InChI is InChI=1S/C29H36F2N4O5S/c1-3-20-6-4-7-21(10-20)16-32-19-28(37)27(13-22-11-24(30)15-25(31)12-22)34-29(38)23-14-26(18-33-17-23)35(8-5-9-36)41(2,39)40/h4,6-7,10-12,14-15,17-18,27-28,32,36-37H,3,5,8-9,13,16,19H2,1-2H3,(H,34,38)/t27-,28+/m0/s1. The molecule has 41 heavy (non-hydrogen) atoms. The first kappa shape index (κ1) is 32.1. The van der Waals surface area contributed by atoms with Crippen molar-refractivity contribution >= 4 is 21.6 Å². The third-order valence-electron chi connectivity index (χ3n) is 6.43. The van der Waals surface area contributed by atoms with Crippen molar-refractivity contribution in [1.82, 2.24) is 15.6 Å². The van der Waals surface area contributed by atoms with Gasteiger partial charge in [-0.1, -0.05) is 31.2 Å². The predicted octanol–water partition coefficient (Wildman–Crippen LogP) is 2.56. The molecule has 0 radical (unpaired) electrons. The van der Waals surface area contributed by atoms with Gasteiger partial charge in [0.05, 0.1) is 35.8 Å². The number of nitrogens with one attached hydrogen (secondary N) is 2. The molecule has 0 aliphatic rings. The maximum absolute atomic E-state index is 13.9. The number of aryl methyl sites for hydroxylation is 1. The Kier molecular flexibility index (Phi) is 11.7. The van der Waals surface area contributed by atoms with Gasteiger partial charge < -0.3 is 20.8 Å². The molecule has 2 atom stereocenters. The van der Waals surface area contributed by atoms with Crippen LogP contribution >= 0.6 is 0 Å². The smallest absolute Gasteiger partial charge is 0.253 e. The van der Waals surface area contributed by atoms with Crippen LogP contribution in [0.15, 0.2) is 60.9 Å². The number of sulfonamides is 1. The van der Waals surface area contributed by atoms with Crippen LogP contribution in [0.25, 0.3) is 0 Å². The van der Waals surface area contributed by atoms with Gasteiger partial charge in [-0.25, -0.2) is 17.2 Å². The molecule has 4 N–H and O–H groups in total. The molecule has 0 bridgehead atoms. The lowest BCUT2D eigenvalue weighted by Crippen LogP contribution is -2.48. The highest BCUT2D eigenvalue weighted by Crippen LogP contribution is 2.19. The van der Waals surface area contributed by atoms with E-state index in [1.807, 2.05) is 18.2 Å². The van der Waals surface area contributed by atoms with Crippen LogP contribution in [0.2, 0.25) is 0 Å². The highest BCUT2D eigenvalue weighted by Gasteiger charge is 2.24. The van der Waals surface area contributed by atoms with Crippen LogP contribution in [0.5, 0.6) is 0 Å². The third-order valence-corrected chi connectivity index (χ3v) is 7.63. The normalized spacial score (nSPS) is 13.0. The molecule has 0 aliphatic heterocycles. The van der Waals surface area contributed by atoms with Gasteiger partial charge in [-0.3, -0.25) is 14.1 Å². The molecule has 0 unspecified atom stereocenters. The van der Waals surface area contributed by atoms with E-state index in [0.29, 0.717) is 6.54 Å². The van der Waals surface area contributed by atoms with Crippen molar-refractivity contribution in [2.75, 3.05) is 30.3 Å². The second-order valence-corrected chi connectivity index (χ2v) is 11.7. The summed E-state index contributed by atoms with van der Waals surface area (Å²) in [5.74, 6) is -2.23. The molecule has 12 heteroatoms. The summed E-state index contributed by atoms with van der Waals surface area (Å²) in [4.78, 5) is 17.3. The van der Waals surface area contributed by atoms with Gasteiger partial charge in [0.15, 0.2) is 0 Å². The molecule has 0 saturated carbocycles. The number of aliphatic hydroxyl groups excluding tert-OH is 2. The highest BCUT2D eigenvalue weighted by atomic mass is 32.2. The van der Waals surface area contributed by atoms with Crippen molar-refractivity contribution in [2.24, 2.45) is 0 Å². The molecule has 0 spiro atoms. The topological polar surface area (TPSA) is 132 Å². The van der Waals surface area contributed by atoms with Gasteiger partial charge in [-0.2, -0.15) is 0 Å². The molecule has 1 aromatic heterocycles. The van der Waals surface area contributed by atoms with E-state index in [2.05, 4.69) is 28.6 Å². The fourth-order valence-corrected chi connectivity index (χ4v) is 5.32. The van der Waals surface area contributed by atoms with Crippen molar-refractivity contribution < 1.29 is 32.2 Å². The largest absolute Gasteiger partial charge is 0.396 e. The molecular weight excluding hydrogens is 554 g/mol. The lowest BCUT2D eigenvalue weighted by Gasteiger charge is -2.26. The summed E-state index contributed by atoms with van der Waals surface area (Å²) in [6.45, 7) is 2.35. The Balaban J connectivity index is 1.79. The summed E-state index contributed by atoms with van der Waals surface area (Å²) in [5, 5.41) is 26.1. The van der Waals surface area contributed by atoms with Gasteiger partial charge >= 0.3 is 0 Å². The van der Waals surface area contributed by atoms with E-state index in [1.165, 1.54) is 24.0 Å². The minimum absolute atomic E-state index is 0.0125. The maximum atomic E-state index is 13.9. The quantitative estimate of drug-likeness (QED) is 0.214. The van der Waals surface area contributed by atoms with Crippen molar-refractivity contribution in [2.45, 2.75) is 44.9 Å². The number of anilines is 1. The number of amides is 1. The number of benzene rings is 2. The molecule has 0 aliphatic carbocycles. The summed E-state index contributed by atoms with van der Waals surface area (Å²) in [6, 6.07) is 11.4. The van der Waals surface area contributed by atoms with Crippen LogP contribution in [0.3, 0.4) is 0 Å². The first-order valence-corrected chi connectivity index (χ1v) is 15.1. The van der Waals surface area contributed by atoms with E-state index < -0.39 is 39.7 Å². The monoisotopic (exact) mass is 590 g/mol. The van der Waals surface area contributed by atoms with Crippen LogP contribution < -0.4 is 14.9 Å². The zero-order valence-electron chi connectivity index (χ0n) is 23.1. The number of aromatic nitrogens is 1. The Morgan fingerprint density at radius 2 is 1.76 bits per heavy atom. The average molecular weight is 591 g/mol. The molecular formula is C29H36F2N4O5S. The van der Waals surface area contributed by atoms with Gasteiger partial charge in [0.25, 0.3) is 5.91 Å². The predicted molar refractivity (Wildman–Crippen MR) is 153 cm³/mol. The maximum Gasteiger partial charge on any atom is 0.253 e. The van der Waals surface area contributed by atoms with E-state index >= 15 is 0 Å². The highest BCUT2D eigenvalue weighted by molar-refractivity contribution is 7.92. The van der Waals surface area contributed by atoms with Gasteiger partial charge in [0.2, 0.25) is 10.0 Å². The van der Waals surface area contributed by atoms with Crippen LogP contribution in [-0.2, 0) is 29.4 Å². The summed E-state index contributed by atoms with van der Waals surface area (Å²) >= 11 is 0. The first-order valence-electron chi connectivity index (χ1n) is 13.3. The summed E-state index contributed by atoms with van der Waals surface area (Å²) in [7, 11) is -3.72.